The SMILES string of the molecule is CCC(OS(C)(=O)=O)c1cccc(NC)c1. The Morgan fingerprint density at radius 1 is 1.44 bits per heavy atom. The molecule has 0 bridgehead atoms. The zero-order valence-electron chi connectivity index (χ0n) is 9.73. The Hall–Kier alpha value is -1.07. The maximum Gasteiger partial charge on any atom is 0.264 e. The van der Waals surface area contributed by atoms with Crippen molar-refractivity contribution in [2.24, 2.45) is 0 Å². The molecule has 0 spiro atoms. The van der Waals surface area contributed by atoms with Crippen LogP contribution in [0.25, 0.3) is 0 Å². The van der Waals surface area contributed by atoms with Crippen LogP contribution in [0.1, 0.15) is 25.0 Å². The molecule has 0 aliphatic heterocycles. The van der Waals surface area contributed by atoms with Crippen molar-refractivity contribution in [2.75, 3.05) is 18.6 Å². The van der Waals surface area contributed by atoms with Crippen molar-refractivity contribution >= 4 is 15.8 Å². The van der Waals surface area contributed by atoms with Crippen LogP contribution in [0.4, 0.5) is 5.69 Å². The van der Waals surface area contributed by atoms with Crippen LogP contribution in [0.15, 0.2) is 24.3 Å². The summed E-state index contributed by atoms with van der Waals surface area (Å²) >= 11 is 0. The minimum atomic E-state index is -3.42. The van der Waals surface area contributed by atoms with Crippen LogP contribution in [-0.2, 0) is 14.3 Å². The van der Waals surface area contributed by atoms with Crippen molar-refractivity contribution < 1.29 is 12.6 Å². The maximum absolute atomic E-state index is 11.1. The largest absolute Gasteiger partial charge is 0.388 e. The molecule has 0 amide bonds. The van der Waals surface area contributed by atoms with Crippen LogP contribution in [0, 0.1) is 0 Å². The van der Waals surface area contributed by atoms with Gasteiger partial charge < -0.3 is 5.32 Å². The minimum Gasteiger partial charge on any atom is -0.388 e. The zero-order valence-corrected chi connectivity index (χ0v) is 10.5. The highest BCUT2D eigenvalue weighted by molar-refractivity contribution is 7.86. The predicted molar refractivity (Wildman–Crippen MR) is 64.9 cm³/mol. The Morgan fingerprint density at radius 2 is 2.12 bits per heavy atom. The summed E-state index contributed by atoms with van der Waals surface area (Å²) in [5, 5.41) is 3.00. The second-order valence-electron chi connectivity index (χ2n) is 3.57. The molecule has 1 unspecified atom stereocenters. The number of rotatable bonds is 5. The maximum atomic E-state index is 11.1. The normalized spacial score (nSPS) is 13.4. The van der Waals surface area contributed by atoms with Gasteiger partial charge in [0.05, 0.1) is 6.26 Å². The van der Waals surface area contributed by atoms with E-state index in [0.717, 1.165) is 17.5 Å². The van der Waals surface area contributed by atoms with E-state index in [-0.39, 0.29) is 0 Å². The fraction of sp³-hybridized carbons (Fsp3) is 0.455. The summed E-state index contributed by atoms with van der Waals surface area (Å²) in [5.41, 5.74) is 1.80. The third kappa shape index (κ3) is 3.83. The average molecular weight is 243 g/mol. The molecule has 0 radical (unpaired) electrons. The lowest BCUT2D eigenvalue weighted by Gasteiger charge is -2.15. The van der Waals surface area contributed by atoms with E-state index in [1.165, 1.54) is 0 Å². The van der Waals surface area contributed by atoms with Crippen LogP contribution < -0.4 is 5.32 Å². The third-order valence-corrected chi connectivity index (χ3v) is 2.79. The van der Waals surface area contributed by atoms with Crippen LogP contribution in [-0.4, -0.2) is 21.7 Å². The highest BCUT2D eigenvalue weighted by Gasteiger charge is 2.15. The Morgan fingerprint density at radius 3 is 2.62 bits per heavy atom. The molecular weight excluding hydrogens is 226 g/mol. The summed E-state index contributed by atoms with van der Waals surface area (Å²) in [6.07, 6.45) is 1.26. The monoisotopic (exact) mass is 243 g/mol. The fourth-order valence-electron chi connectivity index (χ4n) is 1.46. The molecule has 0 aliphatic carbocycles. The van der Waals surface area contributed by atoms with Crippen LogP contribution in [0.2, 0.25) is 0 Å². The van der Waals surface area contributed by atoms with Gasteiger partial charge in [0.1, 0.15) is 6.10 Å². The molecule has 0 heterocycles. The second-order valence-corrected chi connectivity index (χ2v) is 5.17. The molecule has 0 fully saturated rings. The van der Waals surface area contributed by atoms with E-state index in [9.17, 15) is 8.42 Å². The molecule has 1 N–H and O–H groups in total. The topological polar surface area (TPSA) is 55.4 Å². The van der Waals surface area contributed by atoms with E-state index in [0.29, 0.717) is 6.42 Å². The Bertz CT molecular complexity index is 442. The molecule has 1 rings (SSSR count). The molecule has 0 aromatic heterocycles. The van der Waals surface area contributed by atoms with Crippen molar-refractivity contribution in [1.82, 2.24) is 0 Å². The predicted octanol–water partition coefficient (Wildman–Crippen LogP) is 2.16. The zero-order chi connectivity index (χ0) is 12.2. The van der Waals surface area contributed by atoms with Gasteiger partial charge in [-0.1, -0.05) is 19.1 Å². The van der Waals surface area contributed by atoms with Gasteiger partial charge in [-0.3, -0.25) is 4.18 Å². The van der Waals surface area contributed by atoms with E-state index in [2.05, 4.69) is 5.32 Å². The molecule has 1 aromatic carbocycles. The summed E-state index contributed by atoms with van der Waals surface area (Å²) in [6, 6.07) is 7.53. The van der Waals surface area contributed by atoms with Crippen LogP contribution >= 0.6 is 0 Å². The molecule has 5 heteroatoms. The molecule has 90 valence electrons. The number of hydrogen-bond donors (Lipinski definition) is 1. The molecule has 0 aliphatic rings. The number of nitrogens with one attached hydrogen (secondary N) is 1. The lowest BCUT2D eigenvalue weighted by molar-refractivity contribution is 0.211. The molecule has 1 atom stereocenters. The molecular formula is C11H17NO3S. The smallest absolute Gasteiger partial charge is 0.264 e. The van der Waals surface area contributed by atoms with E-state index >= 15 is 0 Å². The van der Waals surface area contributed by atoms with Gasteiger partial charge in [-0.15, -0.1) is 0 Å². The van der Waals surface area contributed by atoms with Gasteiger partial charge in [-0.2, -0.15) is 8.42 Å². The van der Waals surface area contributed by atoms with Crippen molar-refractivity contribution in [3.8, 4) is 0 Å². The van der Waals surface area contributed by atoms with E-state index < -0.39 is 16.2 Å². The first-order chi connectivity index (χ1) is 7.46. The molecule has 1 aromatic rings. The summed E-state index contributed by atoms with van der Waals surface area (Å²) in [7, 11) is -1.61. The van der Waals surface area contributed by atoms with Gasteiger partial charge in [0.15, 0.2) is 0 Å². The van der Waals surface area contributed by atoms with Gasteiger partial charge in [0, 0.05) is 12.7 Å². The van der Waals surface area contributed by atoms with Gasteiger partial charge in [0.2, 0.25) is 0 Å². The first-order valence-electron chi connectivity index (χ1n) is 5.12. The van der Waals surface area contributed by atoms with Gasteiger partial charge >= 0.3 is 0 Å². The van der Waals surface area contributed by atoms with Crippen molar-refractivity contribution in [2.45, 2.75) is 19.4 Å². The van der Waals surface area contributed by atoms with Crippen molar-refractivity contribution in [3.05, 3.63) is 29.8 Å². The van der Waals surface area contributed by atoms with Crippen molar-refractivity contribution in [1.29, 1.82) is 0 Å². The van der Waals surface area contributed by atoms with Crippen molar-refractivity contribution in [3.63, 3.8) is 0 Å². The highest BCUT2D eigenvalue weighted by Crippen LogP contribution is 2.24. The lowest BCUT2D eigenvalue weighted by atomic mass is 10.1. The first-order valence-corrected chi connectivity index (χ1v) is 6.94. The highest BCUT2D eigenvalue weighted by atomic mass is 32.2. The summed E-state index contributed by atoms with van der Waals surface area (Å²) in [4.78, 5) is 0. The number of anilines is 1. The number of benzene rings is 1. The quantitative estimate of drug-likeness (QED) is 0.805. The van der Waals surface area contributed by atoms with Crippen LogP contribution in [0.5, 0.6) is 0 Å². The van der Waals surface area contributed by atoms with Crippen LogP contribution in [0.3, 0.4) is 0 Å². The Kier molecular flexibility index (Phi) is 4.32. The number of hydrogen-bond acceptors (Lipinski definition) is 4. The van der Waals surface area contributed by atoms with E-state index in [4.69, 9.17) is 4.18 Å². The fourth-order valence-corrected chi connectivity index (χ4v) is 2.13. The summed E-state index contributed by atoms with van der Waals surface area (Å²) in [6.45, 7) is 1.89. The first kappa shape index (κ1) is 13.0. The summed E-state index contributed by atoms with van der Waals surface area (Å²) < 4.78 is 27.2. The standard InChI is InChI=1S/C11H17NO3S/c1-4-11(15-16(3,13)14)9-6-5-7-10(8-9)12-2/h5-8,11-12H,4H2,1-3H3. The molecule has 4 nitrogen and oxygen atoms in total. The average Bonchev–Trinajstić information content (AvgIpc) is 2.25. The Balaban J connectivity index is 2.94. The molecule has 0 saturated heterocycles. The van der Waals surface area contributed by atoms with E-state index in [1.807, 2.05) is 38.2 Å². The van der Waals surface area contributed by atoms with Gasteiger partial charge in [-0.05, 0) is 24.1 Å². The minimum absolute atomic E-state index is 0.414. The summed E-state index contributed by atoms with van der Waals surface area (Å²) in [5.74, 6) is 0. The van der Waals surface area contributed by atoms with Gasteiger partial charge in [0.25, 0.3) is 10.1 Å². The Labute approximate surface area is 96.8 Å². The van der Waals surface area contributed by atoms with Gasteiger partial charge in [-0.25, -0.2) is 0 Å². The molecule has 0 saturated carbocycles. The van der Waals surface area contributed by atoms with E-state index in [1.54, 1.807) is 0 Å². The lowest BCUT2D eigenvalue weighted by Crippen LogP contribution is -2.09. The third-order valence-electron chi connectivity index (χ3n) is 2.21. The second kappa shape index (κ2) is 5.32. The molecule has 16 heavy (non-hydrogen) atoms.